The van der Waals surface area contributed by atoms with E-state index in [0.717, 1.165) is 28.7 Å². The predicted molar refractivity (Wildman–Crippen MR) is 123 cm³/mol. The van der Waals surface area contributed by atoms with E-state index in [1.165, 1.54) is 5.56 Å². The Morgan fingerprint density at radius 1 is 1.03 bits per heavy atom. The minimum Gasteiger partial charge on any atom is -0.357 e. The highest BCUT2D eigenvalue weighted by atomic mass is 35.5. The Bertz CT molecular complexity index is 1120. The van der Waals surface area contributed by atoms with Crippen molar-refractivity contribution in [2.75, 3.05) is 6.54 Å². The molecule has 1 amide bonds. The highest BCUT2D eigenvalue weighted by Gasteiger charge is 2.49. The fourth-order valence-electron chi connectivity index (χ4n) is 4.76. The number of aryl methyl sites for hydroxylation is 1. The largest absolute Gasteiger partial charge is 0.357 e. The normalized spacial score (nSPS) is 22.7. The molecule has 0 N–H and O–H groups in total. The van der Waals surface area contributed by atoms with Crippen LogP contribution in [0.25, 0.3) is 0 Å². The number of hydrogen-bond donors (Lipinski definition) is 0. The van der Waals surface area contributed by atoms with Gasteiger partial charge in [-0.3, -0.25) is 4.79 Å². The third-order valence-electron chi connectivity index (χ3n) is 6.33. The smallest absolute Gasteiger partial charge is 0.226 e. The number of halogens is 2. The van der Waals surface area contributed by atoms with Gasteiger partial charge in [-0.05, 0) is 53.8 Å². The van der Waals surface area contributed by atoms with Crippen LogP contribution in [0.2, 0.25) is 10.0 Å². The number of piperidine rings is 1. The monoisotopic (exact) mass is 451 g/mol. The summed E-state index contributed by atoms with van der Waals surface area (Å²) in [6.45, 7) is 3.35. The van der Waals surface area contributed by atoms with E-state index < -0.39 is 5.60 Å². The number of rotatable bonds is 3. The predicted octanol–water partition coefficient (Wildman–Crippen LogP) is 6.44. The standard InChI is InChI=1S/C26H23Cl2NO2/c1-17-6-8-18(9-7-17)16-29-11-10-26(15-24(29)30)23-5-3-2-4-22(23)25(31-26)19-12-20(27)14-21(28)13-19/h2-9,12-14,25H,10-11,15-16H2,1H3. The van der Waals surface area contributed by atoms with Crippen molar-refractivity contribution in [3.63, 3.8) is 0 Å². The molecule has 2 atom stereocenters. The molecular formula is C26H23Cl2NO2. The van der Waals surface area contributed by atoms with Gasteiger partial charge >= 0.3 is 0 Å². The van der Waals surface area contributed by atoms with E-state index >= 15 is 0 Å². The molecule has 3 nitrogen and oxygen atoms in total. The lowest BCUT2D eigenvalue weighted by molar-refractivity contribution is -0.153. The zero-order valence-electron chi connectivity index (χ0n) is 17.3. The summed E-state index contributed by atoms with van der Waals surface area (Å²) in [7, 11) is 0. The van der Waals surface area contributed by atoms with Crippen LogP contribution in [0.15, 0.2) is 66.7 Å². The number of carbonyl (C=O) groups is 1. The SMILES string of the molecule is Cc1ccc(CN2CCC3(CC2=O)OC(c2cc(Cl)cc(Cl)c2)c2ccccc23)cc1. The molecule has 5 rings (SSSR count). The van der Waals surface area contributed by atoms with Crippen molar-refractivity contribution in [1.29, 1.82) is 0 Å². The minimum atomic E-state index is -0.614. The Hall–Kier alpha value is -2.33. The first-order valence-electron chi connectivity index (χ1n) is 10.5. The lowest BCUT2D eigenvalue weighted by Crippen LogP contribution is -2.46. The second-order valence-electron chi connectivity index (χ2n) is 8.51. The Balaban J connectivity index is 1.42. The van der Waals surface area contributed by atoms with Gasteiger partial charge in [0.1, 0.15) is 11.7 Å². The number of amides is 1. The van der Waals surface area contributed by atoms with E-state index in [4.69, 9.17) is 27.9 Å². The summed E-state index contributed by atoms with van der Waals surface area (Å²) in [6, 6.07) is 22.0. The van der Waals surface area contributed by atoms with Crippen LogP contribution >= 0.6 is 23.2 Å². The number of carbonyl (C=O) groups excluding carboxylic acids is 1. The van der Waals surface area contributed by atoms with Crippen molar-refractivity contribution in [3.8, 4) is 0 Å². The molecular weight excluding hydrogens is 429 g/mol. The summed E-state index contributed by atoms with van der Waals surface area (Å²) in [4.78, 5) is 15.1. The molecule has 5 heteroatoms. The Kier molecular flexibility index (Phi) is 5.29. The first-order chi connectivity index (χ1) is 14.9. The zero-order chi connectivity index (χ0) is 21.6. The minimum absolute atomic E-state index is 0.117. The maximum absolute atomic E-state index is 13.2. The summed E-state index contributed by atoms with van der Waals surface area (Å²) in [6.07, 6.45) is 0.802. The van der Waals surface area contributed by atoms with Crippen LogP contribution in [0.1, 0.15) is 46.8 Å². The Morgan fingerprint density at radius 3 is 2.45 bits per heavy atom. The molecule has 0 aliphatic carbocycles. The van der Waals surface area contributed by atoms with Crippen LogP contribution in [0.4, 0.5) is 0 Å². The average molecular weight is 452 g/mol. The summed E-state index contributed by atoms with van der Waals surface area (Å²) >= 11 is 12.5. The Morgan fingerprint density at radius 2 is 1.74 bits per heavy atom. The summed E-state index contributed by atoms with van der Waals surface area (Å²) < 4.78 is 6.68. The molecule has 158 valence electrons. The molecule has 1 fully saturated rings. The van der Waals surface area contributed by atoms with Gasteiger partial charge in [0.2, 0.25) is 5.91 Å². The molecule has 3 aromatic carbocycles. The van der Waals surface area contributed by atoms with Gasteiger partial charge in [0.15, 0.2) is 0 Å². The number of ether oxygens (including phenoxy) is 1. The molecule has 0 saturated carbocycles. The van der Waals surface area contributed by atoms with E-state index in [-0.39, 0.29) is 12.0 Å². The summed E-state index contributed by atoms with van der Waals surface area (Å²) in [5.41, 5.74) is 4.85. The maximum Gasteiger partial charge on any atom is 0.226 e. The van der Waals surface area contributed by atoms with Crippen molar-refractivity contribution >= 4 is 29.1 Å². The molecule has 2 heterocycles. The van der Waals surface area contributed by atoms with Gasteiger partial charge in [0, 0.05) is 23.1 Å². The third-order valence-corrected chi connectivity index (χ3v) is 6.77. The van der Waals surface area contributed by atoms with Crippen LogP contribution in [0.3, 0.4) is 0 Å². The molecule has 2 unspecified atom stereocenters. The van der Waals surface area contributed by atoms with Crippen LogP contribution in [0, 0.1) is 6.92 Å². The highest BCUT2D eigenvalue weighted by Crippen LogP contribution is 2.52. The number of benzene rings is 3. The maximum atomic E-state index is 13.2. The van der Waals surface area contributed by atoms with Crippen molar-refractivity contribution < 1.29 is 9.53 Å². The average Bonchev–Trinajstić information content (AvgIpc) is 3.05. The topological polar surface area (TPSA) is 29.5 Å². The van der Waals surface area contributed by atoms with Gasteiger partial charge in [-0.15, -0.1) is 0 Å². The van der Waals surface area contributed by atoms with E-state index in [9.17, 15) is 4.79 Å². The first kappa shape index (κ1) is 20.6. The molecule has 31 heavy (non-hydrogen) atoms. The van der Waals surface area contributed by atoms with Crippen LogP contribution in [-0.2, 0) is 21.7 Å². The number of nitrogens with zero attached hydrogens (tertiary/aromatic N) is 1. The first-order valence-corrected chi connectivity index (χ1v) is 11.3. The summed E-state index contributed by atoms with van der Waals surface area (Å²) in [5, 5.41) is 1.15. The van der Waals surface area contributed by atoms with Crippen LogP contribution < -0.4 is 0 Å². The van der Waals surface area contributed by atoms with Crippen molar-refractivity contribution in [2.24, 2.45) is 0 Å². The van der Waals surface area contributed by atoms with Crippen molar-refractivity contribution in [3.05, 3.63) is 105 Å². The molecule has 3 aromatic rings. The molecule has 1 spiro atoms. The fourth-order valence-corrected chi connectivity index (χ4v) is 5.31. The van der Waals surface area contributed by atoms with Crippen LogP contribution in [0.5, 0.6) is 0 Å². The second-order valence-corrected chi connectivity index (χ2v) is 9.38. The van der Waals surface area contributed by atoms with E-state index in [2.05, 4.69) is 43.3 Å². The van der Waals surface area contributed by atoms with Gasteiger partial charge in [-0.1, -0.05) is 77.3 Å². The van der Waals surface area contributed by atoms with Gasteiger partial charge in [0.25, 0.3) is 0 Å². The van der Waals surface area contributed by atoms with Crippen molar-refractivity contribution in [1.82, 2.24) is 4.90 Å². The molecule has 2 aliphatic rings. The highest BCUT2D eigenvalue weighted by molar-refractivity contribution is 6.34. The fraction of sp³-hybridized carbons (Fsp3) is 0.269. The lowest BCUT2D eigenvalue weighted by atomic mass is 9.82. The van der Waals surface area contributed by atoms with Gasteiger partial charge in [-0.2, -0.15) is 0 Å². The zero-order valence-corrected chi connectivity index (χ0v) is 18.8. The third kappa shape index (κ3) is 3.87. The van der Waals surface area contributed by atoms with Gasteiger partial charge in [0.05, 0.1) is 6.42 Å². The van der Waals surface area contributed by atoms with Gasteiger partial charge in [-0.25, -0.2) is 0 Å². The summed E-state index contributed by atoms with van der Waals surface area (Å²) in [5.74, 6) is 0.117. The lowest BCUT2D eigenvalue weighted by Gasteiger charge is -2.39. The number of fused-ring (bicyclic) bond motifs is 2. The second kappa shape index (κ2) is 7.98. The molecule has 1 saturated heterocycles. The van der Waals surface area contributed by atoms with E-state index in [0.29, 0.717) is 29.6 Å². The quantitative estimate of drug-likeness (QED) is 0.458. The van der Waals surface area contributed by atoms with E-state index in [1.54, 1.807) is 6.07 Å². The molecule has 0 radical (unpaired) electrons. The number of hydrogen-bond acceptors (Lipinski definition) is 2. The number of likely N-dealkylation sites (tertiary alicyclic amines) is 1. The van der Waals surface area contributed by atoms with Gasteiger partial charge < -0.3 is 9.64 Å². The molecule has 0 bridgehead atoms. The molecule has 0 aromatic heterocycles. The van der Waals surface area contributed by atoms with E-state index in [1.807, 2.05) is 29.2 Å². The van der Waals surface area contributed by atoms with Crippen molar-refractivity contribution in [2.45, 2.75) is 38.0 Å². The molecule has 2 aliphatic heterocycles. The Labute approximate surface area is 192 Å². The van der Waals surface area contributed by atoms with Crippen LogP contribution in [-0.4, -0.2) is 17.4 Å².